The zero-order valence-electron chi connectivity index (χ0n) is 19.5. The van der Waals surface area contributed by atoms with Gasteiger partial charge in [-0.05, 0) is 93.1 Å². The van der Waals surface area contributed by atoms with Gasteiger partial charge in [0.15, 0.2) is 5.11 Å². The van der Waals surface area contributed by atoms with Crippen molar-refractivity contribution in [1.82, 2.24) is 19.9 Å². The molecule has 1 aliphatic heterocycles. The molecule has 2 atom stereocenters. The number of pyridine rings is 2. The van der Waals surface area contributed by atoms with E-state index < -0.39 is 0 Å². The highest BCUT2D eigenvalue weighted by Crippen LogP contribution is 2.43. The van der Waals surface area contributed by atoms with Gasteiger partial charge in [-0.1, -0.05) is 12.1 Å². The molecule has 1 aliphatic rings. The van der Waals surface area contributed by atoms with E-state index in [1.165, 1.54) is 5.56 Å². The lowest BCUT2D eigenvalue weighted by Crippen LogP contribution is -2.29. The van der Waals surface area contributed by atoms with Crippen molar-refractivity contribution in [2.75, 3.05) is 11.5 Å². The summed E-state index contributed by atoms with van der Waals surface area (Å²) < 4.78 is 7.85. The van der Waals surface area contributed by atoms with Crippen molar-refractivity contribution in [3.63, 3.8) is 0 Å². The maximum Gasteiger partial charge on any atom is 0.174 e. The Bertz CT molecular complexity index is 1290. The third kappa shape index (κ3) is 3.92. The molecule has 6 nitrogen and oxygen atoms in total. The molecule has 4 heterocycles. The van der Waals surface area contributed by atoms with Crippen molar-refractivity contribution in [2.24, 2.45) is 0 Å². The summed E-state index contributed by atoms with van der Waals surface area (Å²) in [5, 5.41) is 4.22. The van der Waals surface area contributed by atoms with Gasteiger partial charge in [0.1, 0.15) is 11.6 Å². The smallest absolute Gasteiger partial charge is 0.174 e. The van der Waals surface area contributed by atoms with Crippen LogP contribution in [0.3, 0.4) is 0 Å². The Morgan fingerprint density at radius 2 is 1.71 bits per heavy atom. The van der Waals surface area contributed by atoms with Crippen LogP contribution in [0.25, 0.3) is 5.82 Å². The number of hydrogen-bond donors (Lipinski definition) is 1. The molecule has 7 heteroatoms. The number of benzene rings is 1. The van der Waals surface area contributed by atoms with Gasteiger partial charge in [0, 0.05) is 29.5 Å². The Morgan fingerprint density at radius 3 is 2.35 bits per heavy atom. The van der Waals surface area contributed by atoms with Gasteiger partial charge in [0.25, 0.3) is 0 Å². The summed E-state index contributed by atoms with van der Waals surface area (Å²) in [6, 6.07) is 22.1. The summed E-state index contributed by atoms with van der Waals surface area (Å²) in [6.45, 7) is 6.87. The number of nitrogens with zero attached hydrogens (tertiary/aromatic N) is 4. The van der Waals surface area contributed by atoms with E-state index in [4.69, 9.17) is 17.0 Å². The molecule has 1 aromatic carbocycles. The Kier molecular flexibility index (Phi) is 6.02. The second-order valence-corrected chi connectivity index (χ2v) is 8.66. The molecule has 0 bridgehead atoms. The van der Waals surface area contributed by atoms with Crippen LogP contribution in [0.15, 0.2) is 79.1 Å². The maximum atomic E-state index is 5.87. The van der Waals surface area contributed by atoms with Gasteiger partial charge < -0.3 is 19.5 Å². The van der Waals surface area contributed by atoms with Crippen LogP contribution in [0.4, 0.5) is 5.69 Å². The highest BCUT2D eigenvalue weighted by molar-refractivity contribution is 7.80. The lowest BCUT2D eigenvalue weighted by molar-refractivity contribution is 0.340. The minimum absolute atomic E-state index is 0.0796. The van der Waals surface area contributed by atoms with Crippen molar-refractivity contribution in [1.29, 1.82) is 0 Å². The molecular formula is C27H27N5OS. The number of thiocarbonyl (C=S) groups is 1. The van der Waals surface area contributed by atoms with Crippen LogP contribution in [0.1, 0.15) is 41.7 Å². The summed E-state index contributed by atoms with van der Waals surface area (Å²) in [5.74, 6) is 1.75. The van der Waals surface area contributed by atoms with Gasteiger partial charge in [-0.15, -0.1) is 0 Å². The molecule has 0 amide bonds. The molecular weight excluding hydrogens is 442 g/mol. The molecule has 0 spiro atoms. The topological polar surface area (TPSA) is 55.2 Å². The van der Waals surface area contributed by atoms with Gasteiger partial charge in [0.2, 0.25) is 0 Å². The van der Waals surface area contributed by atoms with Crippen LogP contribution in [0, 0.1) is 13.8 Å². The fourth-order valence-corrected chi connectivity index (χ4v) is 5.09. The van der Waals surface area contributed by atoms with Crippen LogP contribution in [-0.4, -0.2) is 26.3 Å². The van der Waals surface area contributed by atoms with Crippen LogP contribution in [-0.2, 0) is 0 Å². The average Bonchev–Trinajstić information content (AvgIpc) is 3.36. The van der Waals surface area contributed by atoms with Crippen molar-refractivity contribution in [3.8, 4) is 11.6 Å². The lowest BCUT2D eigenvalue weighted by atomic mass is 9.96. The second-order valence-electron chi connectivity index (χ2n) is 8.27. The van der Waals surface area contributed by atoms with Crippen molar-refractivity contribution < 1.29 is 4.74 Å². The predicted molar refractivity (Wildman–Crippen MR) is 139 cm³/mol. The zero-order chi connectivity index (χ0) is 23.7. The number of aromatic nitrogens is 3. The summed E-state index contributed by atoms with van der Waals surface area (Å²) in [7, 11) is 0. The highest BCUT2D eigenvalue weighted by atomic mass is 32.1. The van der Waals surface area contributed by atoms with Crippen LogP contribution in [0.2, 0.25) is 0 Å². The number of rotatable bonds is 6. The SMILES string of the molecule is CCOc1ccc(N2C(=S)NC(c3ccccn3)C2c2cc(C)n(-c3ccccn3)c2C)cc1. The number of ether oxygens (including phenoxy) is 1. The van der Waals surface area contributed by atoms with Gasteiger partial charge >= 0.3 is 0 Å². The quantitative estimate of drug-likeness (QED) is 0.379. The fraction of sp³-hybridized carbons (Fsp3) is 0.222. The molecule has 2 unspecified atom stereocenters. The largest absolute Gasteiger partial charge is 0.494 e. The first kappa shape index (κ1) is 22.1. The Hall–Kier alpha value is -3.71. The molecule has 3 aromatic heterocycles. The minimum Gasteiger partial charge on any atom is -0.494 e. The second kappa shape index (κ2) is 9.27. The van der Waals surface area contributed by atoms with E-state index in [2.05, 4.69) is 56.8 Å². The standard InChI is InChI=1S/C27H27N5OS/c1-4-33-21-13-11-20(12-14-21)32-26(25(30-27(32)34)23-9-5-7-15-28-23)22-17-18(2)31(19(22)3)24-10-6-8-16-29-24/h5-17,25-26H,4H2,1-3H3,(H,30,34). The molecule has 1 fully saturated rings. The molecule has 0 saturated carbocycles. The average molecular weight is 470 g/mol. The summed E-state index contributed by atoms with van der Waals surface area (Å²) in [5.41, 5.74) is 5.39. The van der Waals surface area contributed by atoms with Crippen molar-refractivity contribution in [2.45, 2.75) is 32.9 Å². The molecule has 172 valence electrons. The van der Waals surface area contributed by atoms with Gasteiger partial charge in [0.05, 0.1) is 24.4 Å². The number of anilines is 1. The number of aryl methyl sites for hydroxylation is 1. The lowest BCUT2D eigenvalue weighted by Gasteiger charge is -2.28. The normalized spacial score (nSPS) is 17.6. The molecule has 0 aliphatic carbocycles. The van der Waals surface area contributed by atoms with Gasteiger partial charge in [-0.25, -0.2) is 4.98 Å². The van der Waals surface area contributed by atoms with Crippen LogP contribution < -0.4 is 15.0 Å². The Labute approximate surface area is 205 Å². The fourth-order valence-electron chi connectivity index (χ4n) is 4.74. The van der Waals surface area contributed by atoms with Gasteiger partial charge in [-0.2, -0.15) is 0 Å². The van der Waals surface area contributed by atoms with Crippen LogP contribution in [0.5, 0.6) is 5.75 Å². The highest BCUT2D eigenvalue weighted by Gasteiger charge is 2.42. The van der Waals surface area contributed by atoms with E-state index in [1.807, 2.05) is 67.8 Å². The predicted octanol–water partition coefficient (Wildman–Crippen LogP) is 5.46. The molecule has 0 radical (unpaired) electrons. The first-order valence-electron chi connectivity index (χ1n) is 11.4. The number of hydrogen-bond acceptors (Lipinski definition) is 4. The maximum absolute atomic E-state index is 5.87. The van der Waals surface area contributed by atoms with E-state index in [9.17, 15) is 0 Å². The summed E-state index contributed by atoms with van der Waals surface area (Å²) in [4.78, 5) is 11.4. The monoisotopic (exact) mass is 469 g/mol. The third-order valence-electron chi connectivity index (χ3n) is 6.19. The Morgan fingerprint density at radius 1 is 0.971 bits per heavy atom. The first-order chi connectivity index (χ1) is 16.6. The Balaban J connectivity index is 1.64. The summed E-state index contributed by atoms with van der Waals surface area (Å²) >= 11 is 5.87. The third-order valence-corrected chi connectivity index (χ3v) is 6.51. The van der Waals surface area contributed by atoms with E-state index in [0.717, 1.165) is 34.3 Å². The molecule has 1 saturated heterocycles. The van der Waals surface area contributed by atoms with Crippen molar-refractivity contribution >= 4 is 23.0 Å². The van der Waals surface area contributed by atoms with Gasteiger partial charge in [-0.3, -0.25) is 4.98 Å². The molecule has 5 rings (SSSR count). The number of nitrogens with one attached hydrogen (secondary N) is 1. The summed E-state index contributed by atoms with van der Waals surface area (Å²) in [6.07, 6.45) is 3.65. The van der Waals surface area contributed by atoms with Crippen molar-refractivity contribution in [3.05, 3.63) is 102 Å². The van der Waals surface area contributed by atoms with E-state index in [-0.39, 0.29) is 12.1 Å². The van der Waals surface area contributed by atoms with E-state index in [0.29, 0.717) is 11.7 Å². The molecule has 1 N–H and O–H groups in total. The molecule has 4 aromatic rings. The first-order valence-corrected chi connectivity index (χ1v) is 11.8. The van der Waals surface area contributed by atoms with E-state index in [1.54, 1.807) is 0 Å². The van der Waals surface area contributed by atoms with E-state index >= 15 is 0 Å². The molecule has 34 heavy (non-hydrogen) atoms. The van der Waals surface area contributed by atoms with Crippen LogP contribution >= 0.6 is 12.2 Å². The zero-order valence-corrected chi connectivity index (χ0v) is 20.3. The minimum atomic E-state index is -0.0991.